The Hall–Kier alpha value is -0.0800. The lowest BCUT2D eigenvalue weighted by Gasteiger charge is -2.32. The fourth-order valence-corrected chi connectivity index (χ4v) is 1.59. The third-order valence-corrected chi connectivity index (χ3v) is 2.51. The van der Waals surface area contributed by atoms with E-state index in [2.05, 4.69) is 18.7 Å². The summed E-state index contributed by atoms with van der Waals surface area (Å²) in [6, 6.07) is 0.548. The molecule has 0 aromatic heterocycles. The number of nitrogens with zero attached hydrogens (tertiary/aromatic N) is 1. The minimum absolute atomic E-state index is 0.548. The van der Waals surface area contributed by atoms with E-state index in [1.54, 1.807) is 0 Å². The molecule has 1 saturated carbocycles. The number of aliphatic hydroxyl groups is 1. The highest BCUT2D eigenvalue weighted by atomic mass is 16.3. The van der Waals surface area contributed by atoms with Crippen molar-refractivity contribution in [3.63, 3.8) is 0 Å². The van der Waals surface area contributed by atoms with Gasteiger partial charge in [0, 0.05) is 19.1 Å². The normalized spacial score (nSPS) is 18.7. The zero-order chi connectivity index (χ0) is 10.1. The molecule has 0 atom stereocenters. The highest BCUT2D eigenvalue weighted by Gasteiger charge is 2.28. The van der Waals surface area contributed by atoms with Crippen LogP contribution in [-0.4, -0.2) is 34.7 Å². The molecule has 13 heavy (non-hydrogen) atoms. The van der Waals surface area contributed by atoms with Crippen LogP contribution in [0.2, 0.25) is 0 Å². The second-order valence-electron chi connectivity index (χ2n) is 5.28. The molecule has 0 bridgehead atoms. The summed E-state index contributed by atoms with van der Waals surface area (Å²) in [5.41, 5.74) is -0.556. The largest absolute Gasteiger partial charge is 0.389 e. The van der Waals surface area contributed by atoms with Gasteiger partial charge < -0.3 is 5.11 Å². The molecule has 1 rings (SSSR count). The van der Waals surface area contributed by atoms with Gasteiger partial charge in [-0.25, -0.2) is 0 Å². The van der Waals surface area contributed by atoms with Crippen LogP contribution in [0.4, 0.5) is 0 Å². The molecular weight excluding hydrogens is 162 g/mol. The molecule has 0 radical (unpaired) electrons. The molecule has 1 fully saturated rings. The monoisotopic (exact) mass is 185 g/mol. The molecule has 2 nitrogen and oxygen atoms in total. The van der Waals surface area contributed by atoms with Gasteiger partial charge in [0.1, 0.15) is 0 Å². The topological polar surface area (TPSA) is 23.5 Å². The average Bonchev–Trinajstić information content (AvgIpc) is 2.66. The molecule has 1 aliphatic rings. The van der Waals surface area contributed by atoms with Crippen LogP contribution in [0.3, 0.4) is 0 Å². The Labute approximate surface area is 81.9 Å². The minimum Gasteiger partial charge on any atom is -0.389 e. The average molecular weight is 185 g/mol. The zero-order valence-electron chi connectivity index (χ0n) is 9.38. The van der Waals surface area contributed by atoms with Crippen molar-refractivity contribution in [3.8, 4) is 0 Å². The number of hydrogen-bond donors (Lipinski definition) is 1. The maximum Gasteiger partial charge on any atom is 0.0718 e. The lowest BCUT2D eigenvalue weighted by atomic mass is 10.1. The van der Waals surface area contributed by atoms with Crippen molar-refractivity contribution in [1.82, 2.24) is 4.90 Å². The summed E-state index contributed by atoms with van der Waals surface area (Å²) in [5.74, 6) is 0.907. The van der Waals surface area contributed by atoms with Crippen LogP contribution in [0.25, 0.3) is 0 Å². The van der Waals surface area contributed by atoms with Crippen molar-refractivity contribution < 1.29 is 5.11 Å². The van der Waals surface area contributed by atoms with Crippen LogP contribution >= 0.6 is 0 Å². The standard InChI is InChI=1S/C11H23NO/c1-9(2)12(7-10-5-6-10)8-11(3,4)13/h9-10,13H,5-8H2,1-4H3. The Morgan fingerprint density at radius 2 is 1.92 bits per heavy atom. The van der Waals surface area contributed by atoms with Gasteiger partial charge in [-0.3, -0.25) is 4.90 Å². The summed E-state index contributed by atoms with van der Waals surface area (Å²) in [6.45, 7) is 10.1. The summed E-state index contributed by atoms with van der Waals surface area (Å²) in [4.78, 5) is 2.39. The van der Waals surface area contributed by atoms with Gasteiger partial charge in [0.2, 0.25) is 0 Å². The molecular formula is C11H23NO. The van der Waals surface area contributed by atoms with Gasteiger partial charge in [-0.15, -0.1) is 0 Å². The van der Waals surface area contributed by atoms with Crippen molar-refractivity contribution >= 4 is 0 Å². The fourth-order valence-electron chi connectivity index (χ4n) is 1.59. The van der Waals surface area contributed by atoms with Gasteiger partial charge in [0.05, 0.1) is 5.60 Å². The maximum absolute atomic E-state index is 9.73. The Morgan fingerprint density at radius 3 is 2.23 bits per heavy atom. The quantitative estimate of drug-likeness (QED) is 0.707. The van der Waals surface area contributed by atoms with Crippen LogP contribution in [-0.2, 0) is 0 Å². The molecule has 1 N–H and O–H groups in total. The summed E-state index contributed by atoms with van der Waals surface area (Å²) in [5, 5.41) is 9.73. The minimum atomic E-state index is -0.556. The lowest BCUT2D eigenvalue weighted by Crippen LogP contribution is -2.43. The van der Waals surface area contributed by atoms with Gasteiger partial charge in [0.15, 0.2) is 0 Å². The predicted molar refractivity (Wildman–Crippen MR) is 55.7 cm³/mol. The highest BCUT2D eigenvalue weighted by molar-refractivity contribution is 4.82. The second-order valence-corrected chi connectivity index (χ2v) is 5.28. The van der Waals surface area contributed by atoms with Gasteiger partial charge in [0.25, 0.3) is 0 Å². The molecule has 1 aliphatic carbocycles. The first-order valence-electron chi connectivity index (χ1n) is 5.35. The zero-order valence-corrected chi connectivity index (χ0v) is 9.38. The van der Waals surface area contributed by atoms with Crippen LogP contribution in [0.5, 0.6) is 0 Å². The van der Waals surface area contributed by atoms with E-state index in [0.717, 1.165) is 12.5 Å². The van der Waals surface area contributed by atoms with Crippen molar-refractivity contribution in [2.24, 2.45) is 5.92 Å². The molecule has 0 aromatic rings. The Bertz CT molecular complexity index is 156. The molecule has 0 spiro atoms. The highest BCUT2D eigenvalue weighted by Crippen LogP contribution is 2.30. The molecule has 0 aromatic carbocycles. The van der Waals surface area contributed by atoms with E-state index in [9.17, 15) is 5.11 Å². The SMILES string of the molecule is CC(C)N(CC1CC1)CC(C)(C)O. The Kier molecular flexibility index (Phi) is 3.36. The van der Waals surface area contributed by atoms with E-state index in [0.29, 0.717) is 6.04 Å². The van der Waals surface area contributed by atoms with Gasteiger partial charge in [-0.05, 0) is 46.5 Å². The van der Waals surface area contributed by atoms with Gasteiger partial charge in [-0.1, -0.05) is 0 Å². The molecule has 0 aliphatic heterocycles. The van der Waals surface area contributed by atoms with Crippen LogP contribution in [0.1, 0.15) is 40.5 Å². The van der Waals surface area contributed by atoms with Gasteiger partial charge >= 0.3 is 0 Å². The summed E-state index contributed by atoms with van der Waals surface area (Å²) in [7, 11) is 0. The Balaban J connectivity index is 2.36. The molecule has 0 heterocycles. The van der Waals surface area contributed by atoms with Crippen molar-refractivity contribution in [2.75, 3.05) is 13.1 Å². The molecule has 0 saturated heterocycles. The lowest BCUT2D eigenvalue weighted by molar-refractivity contribution is 0.0239. The van der Waals surface area contributed by atoms with E-state index in [-0.39, 0.29) is 0 Å². The summed E-state index contributed by atoms with van der Waals surface area (Å²) >= 11 is 0. The number of rotatable bonds is 5. The van der Waals surface area contributed by atoms with E-state index < -0.39 is 5.60 Å². The smallest absolute Gasteiger partial charge is 0.0718 e. The van der Waals surface area contributed by atoms with Crippen LogP contribution in [0, 0.1) is 5.92 Å². The Morgan fingerprint density at radius 1 is 1.38 bits per heavy atom. The van der Waals surface area contributed by atoms with Crippen molar-refractivity contribution in [1.29, 1.82) is 0 Å². The van der Waals surface area contributed by atoms with Crippen LogP contribution in [0.15, 0.2) is 0 Å². The molecule has 78 valence electrons. The van der Waals surface area contributed by atoms with E-state index in [1.165, 1.54) is 19.4 Å². The molecule has 2 heteroatoms. The molecule has 0 amide bonds. The summed E-state index contributed by atoms with van der Waals surface area (Å²) < 4.78 is 0. The van der Waals surface area contributed by atoms with E-state index in [4.69, 9.17) is 0 Å². The maximum atomic E-state index is 9.73. The molecule has 0 unspecified atom stereocenters. The van der Waals surface area contributed by atoms with E-state index in [1.807, 2.05) is 13.8 Å². The predicted octanol–water partition coefficient (Wildman–Crippen LogP) is 1.88. The first-order valence-corrected chi connectivity index (χ1v) is 5.35. The summed E-state index contributed by atoms with van der Waals surface area (Å²) in [6.07, 6.45) is 2.77. The first kappa shape index (κ1) is 11.0. The van der Waals surface area contributed by atoms with E-state index >= 15 is 0 Å². The second kappa shape index (κ2) is 3.97. The van der Waals surface area contributed by atoms with Crippen molar-refractivity contribution in [3.05, 3.63) is 0 Å². The van der Waals surface area contributed by atoms with Crippen LogP contribution < -0.4 is 0 Å². The number of hydrogen-bond acceptors (Lipinski definition) is 2. The van der Waals surface area contributed by atoms with Gasteiger partial charge in [-0.2, -0.15) is 0 Å². The first-order chi connectivity index (χ1) is 5.88. The van der Waals surface area contributed by atoms with Crippen molar-refractivity contribution in [2.45, 2.75) is 52.2 Å². The third kappa shape index (κ3) is 4.63. The third-order valence-electron chi connectivity index (χ3n) is 2.51. The fraction of sp³-hybridized carbons (Fsp3) is 1.00.